The maximum absolute atomic E-state index is 13.3. The van der Waals surface area contributed by atoms with Crippen LogP contribution in [-0.2, 0) is 6.54 Å². The Bertz CT molecular complexity index is 1170. The minimum atomic E-state index is -4.93. The molecular weight excluding hydrogens is 521 g/mol. The van der Waals surface area contributed by atoms with E-state index in [9.17, 15) is 35.8 Å². The van der Waals surface area contributed by atoms with Gasteiger partial charge in [0, 0.05) is 30.5 Å². The molecule has 0 aromatic heterocycles. The van der Waals surface area contributed by atoms with Gasteiger partial charge in [-0.3, -0.25) is 0 Å². The number of alkyl halides is 7. The zero-order valence-corrected chi connectivity index (χ0v) is 20.1. The lowest BCUT2D eigenvalue weighted by molar-refractivity contribution is -0.253. The highest BCUT2D eigenvalue weighted by Gasteiger charge is 2.44. The van der Waals surface area contributed by atoms with Gasteiger partial charge in [0.2, 0.25) is 0 Å². The maximum Gasteiger partial charge on any atom is 0.461 e. The molecular formula is C26H25F7N2O3. The van der Waals surface area contributed by atoms with E-state index in [1.807, 2.05) is 6.92 Å². The first-order chi connectivity index (χ1) is 17.9. The van der Waals surface area contributed by atoms with Crippen LogP contribution in [0.4, 0.5) is 42.1 Å². The number of halogens is 7. The Balaban J connectivity index is 1.85. The predicted octanol–water partition coefficient (Wildman–Crippen LogP) is 7.08. The molecule has 0 saturated heterocycles. The molecule has 206 valence electrons. The first-order valence-electron chi connectivity index (χ1n) is 11.4. The average Bonchev–Trinajstić information content (AvgIpc) is 2.84. The number of rotatable bonds is 12. The van der Waals surface area contributed by atoms with Crippen LogP contribution in [0.1, 0.15) is 12.5 Å². The number of ether oxygens (including phenoxy) is 2. The fourth-order valence-corrected chi connectivity index (χ4v) is 3.43. The summed E-state index contributed by atoms with van der Waals surface area (Å²) in [7, 11) is 0. The van der Waals surface area contributed by atoms with E-state index in [1.54, 1.807) is 30.3 Å². The normalized spacial score (nSPS) is 12.8. The van der Waals surface area contributed by atoms with E-state index in [-0.39, 0.29) is 17.8 Å². The van der Waals surface area contributed by atoms with Crippen molar-refractivity contribution < 1.29 is 45.3 Å². The molecule has 3 aromatic rings. The highest BCUT2D eigenvalue weighted by molar-refractivity contribution is 5.53. The van der Waals surface area contributed by atoms with Crippen molar-refractivity contribution in [3.63, 3.8) is 0 Å². The molecule has 0 aliphatic carbocycles. The first kappa shape index (κ1) is 28.9. The Kier molecular flexibility index (Phi) is 9.31. The van der Waals surface area contributed by atoms with Crippen molar-refractivity contribution in [2.45, 2.75) is 38.3 Å². The van der Waals surface area contributed by atoms with E-state index in [2.05, 4.69) is 10.1 Å². The topological polar surface area (TPSA) is 54.0 Å². The van der Waals surface area contributed by atoms with Gasteiger partial charge in [-0.25, -0.2) is 0 Å². The quantitative estimate of drug-likeness (QED) is 0.238. The summed E-state index contributed by atoms with van der Waals surface area (Å²) in [4.78, 5) is 1.16. The van der Waals surface area contributed by atoms with E-state index in [1.165, 1.54) is 30.3 Å². The average molecular weight is 546 g/mol. The molecule has 0 aliphatic heterocycles. The van der Waals surface area contributed by atoms with Crippen LogP contribution < -0.4 is 19.7 Å². The molecule has 3 rings (SSSR count). The van der Waals surface area contributed by atoms with Gasteiger partial charge in [0.25, 0.3) is 0 Å². The number of hydrogen-bond donors (Lipinski definition) is 2. The van der Waals surface area contributed by atoms with Crippen molar-refractivity contribution in [1.29, 1.82) is 0 Å². The van der Waals surface area contributed by atoms with Crippen LogP contribution >= 0.6 is 0 Å². The third-order valence-electron chi connectivity index (χ3n) is 5.20. The van der Waals surface area contributed by atoms with Gasteiger partial charge in [0.15, 0.2) is 6.10 Å². The van der Waals surface area contributed by atoms with Crippen LogP contribution in [-0.4, -0.2) is 43.0 Å². The summed E-state index contributed by atoms with van der Waals surface area (Å²) in [5.41, 5.74) is 1.27. The van der Waals surface area contributed by atoms with Crippen LogP contribution in [0.2, 0.25) is 0 Å². The van der Waals surface area contributed by atoms with Gasteiger partial charge in [0.05, 0.1) is 6.54 Å². The zero-order chi connectivity index (χ0) is 27.9. The molecule has 0 radical (unpaired) electrons. The zero-order valence-electron chi connectivity index (χ0n) is 20.1. The van der Waals surface area contributed by atoms with Crippen molar-refractivity contribution in [2.75, 3.05) is 23.3 Å². The van der Waals surface area contributed by atoms with Crippen LogP contribution in [0.3, 0.4) is 0 Å². The van der Waals surface area contributed by atoms with Crippen LogP contribution in [0.15, 0.2) is 72.8 Å². The molecule has 0 spiro atoms. The minimum absolute atomic E-state index is 0.173. The summed E-state index contributed by atoms with van der Waals surface area (Å²) < 4.78 is 101. The number of anilines is 2. The second-order valence-electron chi connectivity index (χ2n) is 8.20. The summed E-state index contributed by atoms with van der Waals surface area (Å²) in [6, 6.07) is 17.7. The van der Waals surface area contributed by atoms with Crippen molar-refractivity contribution in [2.24, 2.45) is 0 Å². The molecule has 3 aromatic carbocycles. The van der Waals surface area contributed by atoms with Gasteiger partial charge < -0.3 is 24.8 Å². The van der Waals surface area contributed by atoms with Gasteiger partial charge in [-0.2, -0.15) is 30.7 Å². The van der Waals surface area contributed by atoms with Crippen molar-refractivity contribution in [1.82, 2.24) is 0 Å². The van der Waals surface area contributed by atoms with Gasteiger partial charge in [-0.15, -0.1) is 0 Å². The minimum Gasteiger partial charge on any atom is -0.457 e. The molecule has 0 bridgehead atoms. The Morgan fingerprint density at radius 3 is 2.16 bits per heavy atom. The third kappa shape index (κ3) is 8.17. The standard InChI is InChI=1S/C26H25F7N2O3/c1-2-34-18-9-11-20(12-10-18)37-21-7-4-6-19(14-21)35(16-23(36)25(29,30)31)15-17-5-3-8-22(13-17)38-26(32,33)24(27)28/h3-14,23-24,34,36H,2,15-16H2,1H3. The van der Waals surface area contributed by atoms with Crippen molar-refractivity contribution in [3.8, 4) is 17.2 Å². The van der Waals surface area contributed by atoms with Crippen LogP contribution in [0.25, 0.3) is 0 Å². The maximum atomic E-state index is 13.3. The molecule has 2 N–H and O–H groups in total. The fraction of sp³-hybridized carbons (Fsp3) is 0.308. The number of benzene rings is 3. The first-order valence-corrected chi connectivity index (χ1v) is 11.4. The molecule has 0 amide bonds. The highest BCUT2D eigenvalue weighted by atomic mass is 19.4. The van der Waals surface area contributed by atoms with Gasteiger partial charge >= 0.3 is 18.7 Å². The van der Waals surface area contributed by atoms with E-state index in [0.29, 0.717) is 11.5 Å². The Morgan fingerprint density at radius 1 is 0.868 bits per heavy atom. The molecule has 0 aliphatic rings. The molecule has 5 nitrogen and oxygen atoms in total. The van der Waals surface area contributed by atoms with Crippen molar-refractivity contribution >= 4 is 11.4 Å². The lowest BCUT2D eigenvalue weighted by Crippen LogP contribution is -2.40. The fourth-order valence-electron chi connectivity index (χ4n) is 3.43. The molecule has 0 heterocycles. The number of aliphatic hydroxyl groups is 1. The number of aliphatic hydroxyl groups excluding tert-OH is 1. The van der Waals surface area contributed by atoms with Crippen LogP contribution in [0.5, 0.6) is 17.2 Å². The lowest BCUT2D eigenvalue weighted by atomic mass is 10.1. The summed E-state index contributed by atoms with van der Waals surface area (Å²) >= 11 is 0. The van der Waals surface area contributed by atoms with Gasteiger partial charge in [0.1, 0.15) is 17.2 Å². The predicted molar refractivity (Wildman–Crippen MR) is 128 cm³/mol. The largest absolute Gasteiger partial charge is 0.461 e. The SMILES string of the molecule is CCNc1ccc(Oc2cccc(N(Cc3cccc(OC(F)(F)C(F)F)c3)CC(O)C(F)(F)F)c2)cc1. The summed E-state index contributed by atoms with van der Waals surface area (Å²) in [5.74, 6) is 0.163. The number of nitrogens with zero attached hydrogens (tertiary/aromatic N) is 1. The van der Waals surface area contributed by atoms with E-state index in [4.69, 9.17) is 4.74 Å². The lowest BCUT2D eigenvalue weighted by Gasteiger charge is -2.29. The molecule has 1 atom stereocenters. The summed E-state index contributed by atoms with van der Waals surface area (Å²) in [6.45, 7) is 1.47. The molecule has 0 saturated carbocycles. The third-order valence-corrected chi connectivity index (χ3v) is 5.20. The highest BCUT2D eigenvalue weighted by Crippen LogP contribution is 2.31. The van der Waals surface area contributed by atoms with Crippen LogP contribution in [0, 0.1) is 0 Å². The Labute approximate surface area is 214 Å². The number of hydrogen-bond acceptors (Lipinski definition) is 5. The monoisotopic (exact) mass is 546 g/mol. The van der Waals surface area contributed by atoms with E-state index in [0.717, 1.165) is 29.3 Å². The second kappa shape index (κ2) is 12.2. The summed E-state index contributed by atoms with van der Waals surface area (Å²) in [6.07, 6.45) is -16.5. The molecule has 38 heavy (non-hydrogen) atoms. The van der Waals surface area contributed by atoms with E-state index < -0.39 is 37.1 Å². The van der Waals surface area contributed by atoms with Gasteiger partial charge in [-0.1, -0.05) is 18.2 Å². The van der Waals surface area contributed by atoms with Gasteiger partial charge in [-0.05, 0) is 61.0 Å². The molecule has 1 unspecified atom stereocenters. The van der Waals surface area contributed by atoms with Crippen molar-refractivity contribution in [3.05, 3.63) is 78.4 Å². The molecule has 0 fully saturated rings. The molecule has 12 heteroatoms. The smallest absolute Gasteiger partial charge is 0.457 e. The Morgan fingerprint density at radius 2 is 1.53 bits per heavy atom. The summed E-state index contributed by atoms with van der Waals surface area (Å²) in [5, 5.41) is 12.9. The second-order valence-corrected chi connectivity index (χ2v) is 8.20. The Hall–Kier alpha value is -3.67. The number of nitrogens with one attached hydrogen (secondary N) is 1. The van der Waals surface area contributed by atoms with E-state index >= 15 is 0 Å².